The number of ether oxygens (including phenoxy) is 1. The Balaban J connectivity index is 1.17. The number of nitrogens with zero attached hydrogens (tertiary/aromatic N) is 2. The topological polar surface area (TPSA) is 69.3 Å². The van der Waals surface area contributed by atoms with Gasteiger partial charge in [0.1, 0.15) is 29.0 Å². The van der Waals surface area contributed by atoms with Crippen molar-refractivity contribution in [2.45, 2.75) is 32.4 Å². The van der Waals surface area contributed by atoms with Crippen LogP contribution in [0.4, 0.5) is 10.2 Å². The SMILES string of the molecule is CC(C)(c1ccccc1)c1ccc(OCc2ccc(C(=O)Nc3nn(Cc4cccc(F)c4)cc3Cl)o2)cc1. The number of hydrogen-bond donors (Lipinski definition) is 1. The predicted molar refractivity (Wildman–Crippen MR) is 149 cm³/mol. The van der Waals surface area contributed by atoms with Gasteiger partial charge in [0.25, 0.3) is 5.91 Å². The molecule has 0 unspecified atom stereocenters. The molecule has 0 fully saturated rings. The lowest BCUT2D eigenvalue weighted by Crippen LogP contribution is -2.18. The molecule has 0 aliphatic heterocycles. The minimum absolute atomic E-state index is 0.101. The molecule has 198 valence electrons. The van der Waals surface area contributed by atoms with Gasteiger partial charge < -0.3 is 14.5 Å². The van der Waals surface area contributed by atoms with Gasteiger partial charge in [-0.15, -0.1) is 0 Å². The standard InChI is InChI=1S/C31H27ClFN3O3/c1-31(2,22-8-4-3-5-9-22)23-11-13-25(14-12-23)38-20-26-15-16-28(39-26)30(37)34-29-27(32)19-36(35-29)18-21-7-6-10-24(33)17-21/h3-17,19H,18,20H2,1-2H3,(H,34,35,37). The van der Waals surface area contributed by atoms with Crippen molar-refractivity contribution in [2.75, 3.05) is 5.32 Å². The first kappa shape index (κ1) is 26.3. The molecule has 0 saturated carbocycles. The quantitative estimate of drug-likeness (QED) is 0.209. The second-order valence-corrected chi connectivity index (χ2v) is 10.1. The second kappa shape index (κ2) is 11.2. The van der Waals surface area contributed by atoms with Crippen molar-refractivity contribution in [3.05, 3.63) is 136 Å². The van der Waals surface area contributed by atoms with E-state index in [0.717, 1.165) is 5.56 Å². The summed E-state index contributed by atoms with van der Waals surface area (Å²) in [6.07, 6.45) is 1.57. The van der Waals surface area contributed by atoms with E-state index in [1.807, 2.05) is 30.3 Å². The lowest BCUT2D eigenvalue weighted by atomic mass is 9.78. The van der Waals surface area contributed by atoms with E-state index in [4.69, 9.17) is 20.8 Å². The fourth-order valence-corrected chi connectivity index (χ4v) is 4.47. The van der Waals surface area contributed by atoms with Crippen molar-refractivity contribution < 1.29 is 18.3 Å². The van der Waals surface area contributed by atoms with Crippen LogP contribution in [0.2, 0.25) is 5.02 Å². The normalized spacial score (nSPS) is 11.4. The first-order chi connectivity index (χ1) is 18.8. The smallest absolute Gasteiger partial charge is 0.292 e. The summed E-state index contributed by atoms with van der Waals surface area (Å²) in [7, 11) is 0. The highest BCUT2D eigenvalue weighted by Crippen LogP contribution is 2.32. The molecule has 5 aromatic rings. The van der Waals surface area contributed by atoms with Gasteiger partial charge in [0.15, 0.2) is 11.6 Å². The number of anilines is 1. The molecule has 0 atom stereocenters. The molecule has 8 heteroatoms. The Kier molecular flexibility index (Phi) is 7.52. The molecular formula is C31H27ClFN3O3. The number of amides is 1. The Bertz CT molecular complexity index is 1580. The number of hydrogen-bond acceptors (Lipinski definition) is 4. The van der Waals surface area contributed by atoms with Gasteiger partial charge in [-0.1, -0.05) is 80.0 Å². The summed E-state index contributed by atoms with van der Waals surface area (Å²) < 4.78 is 26.5. The molecule has 0 saturated heterocycles. The molecule has 1 N–H and O–H groups in total. The van der Waals surface area contributed by atoms with Gasteiger partial charge in [-0.3, -0.25) is 9.48 Å². The molecule has 0 spiro atoms. The Morgan fingerprint density at radius 3 is 2.49 bits per heavy atom. The zero-order valence-corrected chi connectivity index (χ0v) is 22.3. The van der Waals surface area contributed by atoms with Crippen LogP contribution in [0.15, 0.2) is 102 Å². The maximum Gasteiger partial charge on any atom is 0.292 e. The fourth-order valence-electron chi connectivity index (χ4n) is 4.28. The van der Waals surface area contributed by atoms with Crippen LogP contribution >= 0.6 is 11.6 Å². The molecule has 2 aromatic heterocycles. The number of furan rings is 1. The Hall–Kier alpha value is -4.36. The van der Waals surface area contributed by atoms with E-state index < -0.39 is 5.91 Å². The molecule has 0 bridgehead atoms. The van der Waals surface area contributed by atoms with Crippen molar-refractivity contribution in [3.8, 4) is 5.75 Å². The van der Waals surface area contributed by atoms with Gasteiger partial charge >= 0.3 is 0 Å². The van der Waals surface area contributed by atoms with Crippen LogP contribution in [0.25, 0.3) is 0 Å². The molecular weight excluding hydrogens is 517 g/mol. The van der Waals surface area contributed by atoms with Gasteiger partial charge in [-0.05, 0) is 53.1 Å². The second-order valence-electron chi connectivity index (χ2n) is 9.68. The summed E-state index contributed by atoms with van der Waals surface area (Å²) in [5.41, 5.74) is 2.99. The molecule has 3 aromatic carbocycles. The zero-order chi connectivity index (χ0) is 27.4. The van der Waals surface area contributed by atoms with Crippen LogP contribution in [0.3, 0.4) is 0 Å². The van der Waals surface area contributed by atoms with Crippen LogP contribution in [0.5, 0.6) is 5.75 Å². The van der Waals surface area contributed by atoms with Crippen molar-refractivity contribution in [1.29, 1.82) is 0 Å². The summed E-state index contributed by atoms with van der Waals surface area (Å²) in [6.45, 7) is 4.85. The highest BCUT2D eigenvalue weighted by molar-refractivity contribution is 6.33. The van der Waals surface area contributed by atoms with Crippen molar-refractivity contribution in [2.24, 2.45) is 0 Å². The third-order valence-electron chi connectivity index (χ3n) is 6.52. The van der Waals surface area contributed by atoms with E-state index in [9.17, 15) is 9.18 Å². The highest BCUT2D eigenvalue weighted by Gasteiger charge is 2.22. The molecule has 2 heterocycles. The fraction of sp³-hybridized carbons (Fsp3) is 0.161. The van der Waals surface area contributed by atoms with Crippen molar-refractivity contribution in [1.82, 2.24) is 9.78 Å². The third-order valence-corrected chi connectivity index (χ3v) is 6.80. The Morgan fingerprint density at radius 1 is 1.00 bits per heavy atom. The Labute approximate surface area is 231 Å². The highest BCUT2D eigenvalue weighted by atomic mass is 35.5. The summed E-state index contributed by atoms with van der Waals surface area (Å²) >= 11 is 6.25. The molecule has 0 radical (unpaired) electrons. The van der Waals surface area contributed by atoms with E-state index in [2.05, 4.69) is 48.5 Å². The third kappa shape index (κ3) is 6.21. The number of carbonyl (C=O) groups excluding carboxylic acids is 1. The van der Waals surface area contributed by atoms with Crippen LogP contribution < -0.4 is 10.1 Å². The molecule has 0 aliphatic rings. The van der Waals surface area contributed by atoms with Crippen molar-refractivity contribution in [3.63, 3.8) is 0 Å². The first-order valence-electron chi connectivity index (χ1n) is 12.4. The molecule has 6 nitrogen and oxygen atoms in total. The lowest BCUT2D eigenvalue weighted by molar-refractivity contribution is 0.0992. The minimum atomic E-state index is -0.494. The largest absolute Gasteiger partial charge is 0.486 e. The lowest BCUT2D eigenvalue weighted by Gasteiger charge is -2.26. The van der Waals surface area contributed by atoms with Crippen LogP contribution in [0.1, 0.15) is 46.9 Å². The number of nitrogens with one attached hydrogen (secondary N) is 1. The molecule has 39 heavy (non-hydrogen) atoms. The van der Waals surface area contributed by atoms with Gasteiger partial charge in [-0.25, -0.2) is 4.39 Å². The minimum Gasteiger partial charge on any atom is -0.486 e. The first-order valence-corrected chi connectivity index (χ1v) is 12.8. The van der Waals surface area contributed by atoms with Gasteiger partial charge in [0.05, 0.1) is 6.54 Å². The molecule has 5 rings (SSSR count). The van der Waals surface area contributed by atoms with Gasteiger partial charge in [-0.2, -0.15) is 5.10 Å². The average Bonchev–Trinajstić information content (AvgIpc) is 3.54. The van der Waals surface area contributed by atoms with E-state index in [1.54, 1.807) is 30.5 Å². The van der Waals surface area contributed by atoms with E-state index in [1.165, 1.54) is 27.9 Å². The number of rotatable bonds is 9. The average molecular weight is 544 g/mol. The van der Waals surface area contributed by atoms with Gasteiger partial charge in [0, 0.05) is 11.6 Å². The molecule has 0 aliphatic carbocycles. The van der Waals surface area contributed by atoms with Crippen LogP contribution in [-0.2, 0) is 18.6 Å². The van der Waals surface area contributed by atoms with E-state index >= 15 is 0 Å². The number of aromatic nitrogens is 2. The molecule has 1 amide bonds. The van der Waals surface area contributed by atoms with E-state index in [0.29, 0.717) is 18.1 Å². The zero-order valence-electron chi connectivity index (χ0n) is 21.5. The summed E-state index contributed by atoms with van der Waals surface area (Å²) in [6, 6.07) is 27.8. The summed E-state index contributed by atoms with van der Waals surface area (Å²) in [5, 5.41) is 7.20. The summed E-state index contributed by atoms with van der Waals surface area (Å²) in [5.74, 6) is 0.653. The number of benzene rings is 3. The monoisotopic (exact) mass is 543 g/mol. The van der Waals surface area contributed by atoms with Crippen molar-refractivity contribution >= 4 is 23.3 Å². The number of halogens is 2. The van der Waals surface area contributed by atoms with Crippen LogP contribution in [0, 0.1) is 5.82 Å². The maximum absolute atomic E-state index is 13.5. The van der Waals surface area contributed by atoms with Crippen LogP contribution in [-0.4, -0.2) is 15.7 Å². The van der Waals surface area contributed by atoms with E-state index in [-0.39, 0.29) is 34.4 Å². The Morgan fingerprint density at radius 2 is 1.74 bits per heavy atom. The van der Waals surface area contributed by atoms with Gasteiger partial charge in [0.2, 0.25) is 0 Å². The maximum atomic E-state index is 13.5. The predicted octanol–water partition coefficient (Wildman–Crippen LogP) is 7.47. The summed E-state index contributed by atoms with van der Waals surface area (Å²) in [4.78, 5) is 12.7. The number of carbonyl (C=O) groups is 1.